The van der Waals surface area contributed by atoms with Crippen LogP contribution in [0, 0.1) is 0 Å². The fourth-order valence-corrected chi connectivity index (χ4v) is 2.98. The summed E-state index contributed by atoms with van der Waals surface area (Å²) in [5, 5.41) is 13.9. The number of hydrogen-bond donors (Lipinski definition) is 2. The molecular formula is C16H19N5O2S. The van der Waals surface area contributed by atoms with Crippen molar-refractivity contribution in [1.29, 1.82) is 0 Å². The Morgan fingerprint density at radius 2 is 2.00 bits per heavy atom. The van der Waals surface area contributed by atoms with Gasteiger partial charge in [-0.05, 0) is 18.4 Å². The molecule has 24 heavy (non-hydrogen) atoms. The number of nitrogens with zero attached hydrogens (tertiary/aromatic N) is 3. The molecule has 1 aliphatic carbocycles. The molecule has 0 unspecified atom stereocenters. The Kier molecular flexibility index (Phi) is 5.14. The third-order valence-electron chi connectivity index (χ3n) is 3.69. The van der Waals surface area contributed by atoms with E-state index in [0.29, 0.717) is 17.6 Å². The minimum Gasteiger partial charge on any atom is -0.334 e. The molecule has 7 nitrogen and oxygen atoms in total. The maximum absolute atomic E-state index is 11.9. The Bertz CT molecular complexity index is 727. The van der Waals surface area contributed by atoms with Crippen LogP contribution in [0.1, 0.15) is 30.1 Å². The minimum absolute atomic E-state index is 0.120. The van der Waals surface area contributed by atoms with E-state index in [1.165, 1.54) is 11.8 Å². The molecule has 1 fully saturated rings. The van der Waals surface area contributed by atoms with E-state index < -0.39 is 6.03 Å². The van der Waals surface area contributed by atoms with E-state index in [2.05, 4.69) is 20.8 Å². The van der Waals surface area contributed by atoms with Gasteiger partial charge in [-0.2, -0.15) is 0 Å². The van der Waals surface area contributed by atoms with E-state index in [4.69, 9.17) is 0 Å². The van der Waals surface area contributed by atoms with Crippen LogP contribution in [-0.4, -0.2) is 32.5 Å². The van der Waals surface area contributed by atoms with Gasteiger partial charge in [0.25, 0.3) is 0 Å². The van der Waals surface area contributed by atoms with E-state index in [1.54, 1.807) is 0 Å². The number of nitrogens with one attached hydrogen (secondary N) is 2. The van der Waals surface area contributed by atoms with Crippen LogP contribution in [-0.2, 0) is 18.4 Å². The zero-order valence-electron chi connectivity index (χ0n) is 13.4. The van der Waals surface area contributed by atoms with Crippen molar-refractivity contribution in [1.82, 2.24) is 25.4 Å². The lowest BCUT2D eigenvalue weighted by atomic mass is 10.2. The maximum atomic E-state index is 11.9. The predicted octanol–water partition coefficient (Wildman–Crippen LogP) is 1.81. The first kappa shape index (κ1) is 16.5. The second kappa shape index (κ2) is 7.48. The minimum atomic E-state index is -0.499. The standard InChI is InChI=1S/C16H19N5O2S/c1-21-14(12-7-8-12)19-20-16(21)24-10-13(22)18-15(23)17-9-11-5-3-2-4-6-11/h2-6,12H,7-10H2,1H3,(H2,17,18,22,23). The lowest BCUT2D eigenvalue weighted by Gasteiger charge is -2.07. The molecule has 3 rings (SSSR count). The van der Waals surface area contributed by atoms with Crippen molar-refractivity contribution >= 4 is 23.7 Å². The summed E-state index contributed by atoms with van der Waals surface area (Å²) in [7, 11) is 1.90. The van der Waals surface area contributed by atoms with Gasteiger partial charge < -0.3 is 9.88 Å². The number of aromatic nitrogens is 3. The number of amides is 3. The second-order valence-electron chi connectivity index (χ2n) is 5.68. The molecule has 0 bridgehead atoms. The summed E-state index contributed by atoms with van der Waals surface area (Å²) in [5.74, 6) is 1.24. The maximum Gasteiger partial charge on any atom is 0.321 e. The summed E-state index contributed by atoms with van der Waals surface area (Å²) in [6.07, 6.45) is 2.30. The Hall–Kier alpha value is -2.35. The average Bonchev–Trinajstić information content (AvgIpc) is 3.36. The lowest BCUT2D eigenvalue weighted by molar-refractivity contribution is -0.117. The predicted molar refractivity (Wildman–Crippen MR) is 90.5 cm³/mol. The number of rotatable bonds is 6. The molecule has 1 aromatic heterocycles. The van der Waals surface area contributed by atoms with Gasteiger partial charge in [-0.15, -0.1) is 10.2 Å². The highest BCUT2D eigenvalue weighted by atomic mass is 32.2. The summed E-state index contributed by atoms with van der Waals surface area (Å²) < 4.78 is 1.92. The molecule has 126 valence electrons. The zero-order valence-corrected chi connectivity index (χ0v) is 14.2. The van der Waals surface area contributed by atoms with Crippen molar-refractivity contribution in [2.45, 2.75) is 30.5 Å². The molecule has 1 aromatic carbocycles. The normalized spacial score (nSPS) is 13.5. The molecule has 0 spiro atoms. The number of urea groups is 1. The van der Waals surface area contributed by atoms with Crippen molar-refractivity contribution in [3.8, 4) is 0 Å². The molecule has 0 aliphatic heterocycles. The average molecular weight is 345 g/mol. The Morgan fingerprint density at radius 1 is 1.25 bits per heavy atom. The number of carbonyl (C=O) groups excluding carboxylic acids is 2. The summed E-state index contributed by atoms with van der Waals surface area (Å²) in [6, 6.07) is 9.01. The van der Waals surface area contributed by atoms with E-state index in [9.17, 15) is 9.59 Å². The van der Waals surface area contributed by atoms with Crippen molar-refractivity contribution < 1.29 is 9.59 Å². The molecule has 1 aliphatic rings. The molecule has 0 saturated heterocycles. The van der Waals surface area contributed by atoms with E-state index in [1.807, 2.05) is 41.9 Å². The van der Waals surface area contributed by atoms with Gasteiger partial charge in [0.2, 0.25) is 5.91 Å². The quantitative estimate of drug-likeness (QED) is 0.780. The number of thioether (sulfide) groups is 1. The highest BCUT2D eigenvalue weighted by molar-refractivity contribution is 7.99. The van der Waals surface area contributed by atoms with Crippen molar-refractivity contribution in [3.63, 3.8) is 0 Å². The molecular weight excluding hydrogens is 326 g/mol. The summed E-state index contributed by atoms with van der Waals surface area (Å²) in [5.41, 5.74) is 0.973. The molecule has 0 atom stereocenters. The lowest BCUT2D eigenvalue weighted by Crippen LogP contribution is -2.39. The van der Waals surface area contributed by atoms with Crippen molar-refractivity contribution in [2.75, 3.05) is 5.75 Å². The third kappa shape index (κ3) is 4.35. The van der Waals surface area contributed by atoms with Crippen LogP contribution in [0.4, 0.5) is 4.79 Å². The van der Waals surface area contributed by atoms with Gasteiger partial charge in [0.05, 0.1) is 5.75 Å². The van der Waals surface area contributed by atoms with Gasteiger partial charge >= 0.3 is 6.03 Å². The third-order valence-corrected chi connectivity index (χ3v) is 4.71. The van der Waals surface area contributed by atoms with Crippen LogP contribution in [0.5, 0.6) is 0 Å². The molecule has 0 radical (unpaired) electrons. The van der Waals surface area contributed by atoms with Crippen LogP contribution in [0.15, 0.2) is 35.5 Å². The molecule has 1 saturated carbocycles. The van der Waals surface area contributed by atoms with E-state index in [0.717, 1.165) is 24.2 Å². The fourth-order valence-electron chi connectivity index (χ4n) is 2.26. The highest BCUT2D eigenvalue weighted by Crippen LogP contribution is 2.39. The van der Waals surface area contributed by atoms with Gasteiger partial charge in [-0.3, -0.25) is 10.1 Å². The number of hydrogen-bond acceptors (Lipinski definition) is 5. The first-order valence-electron chi connectivity index (χ1n) is 7.77. The second-order valence-corrected chi connectivity index (χ2v) is 6.62. The van der Waals surface area contributed by atoms with Gasteiger partial charge in [0.15, 0.2) is 5.16 Å². The summed E-state index contributed by atoms with van der Waals surface area (Å²) in [6.45, 7) is 0.376. The topological polar surface area (TPSA) is 88.9 Å². The fraction of sp³-hybridized carbons (Fsp3) is 0.375. The van der Waals surface area contributed by atoms with Gasteiger partial charge in [-0.1, -0.05) is 42.1 Å². The zero-order chi connectivity index (χ0) is 16.9. The molecule has 3 amide bonds. The molecule has 8 heteroatoms. The molecule has 1 heterocycles. The first-order valence-corrected chi connectivity index (χ1v) is 8.75. The smallest absolute Gasteiger partial charge is 0.321 e. The molecule has 2 N–H and O–H groups in total. The van der Waals surface area contributed by atoms with Crippen LogP contribution in [0.2, 0.25) is 0 Å². The SMILES string of the molecule is Cn1c(SCC(=O)NC(=O)NCc2ccccc2)nnc1C1CC1. The van der Waals surface area contributed by atoms with Gasteiger partial charge in [0.1, 0.15) is 5.82 Å². The van der Waals surface area contributed by atoms with Gasteiger partial charge in [0, 0.05) is 19.5 Å². The number of imide groups is 1. The Balaban J connectivity index is 1.41. The summed E-state index contributed by atoms with van der Waals surface area (Å²) >= 11 is 1.27. The van der Waals surface area contributed by atoms with Gasteiger partial charge in [-0.25, -0.2) is 4.79 Å². The van der Waals surface area contributed by atoms with Crippen molar-refractivity contribution in [3.05, 3.63) is 41.7 Å². The first-order chi connectivity index (χ1) is 11.6. The number of benzene rings is 1. The van der Waals surface area contributed by atoms with Crippen LogP contribution in [0.25, 0.3) is 0 Å². The van der Waals surface area contributed by atoms with E-state index >= 15 is 0 Å². The van der Waals surface area contributed by atoms with E-state index in [-0.39, 0.29) is 11.7 Å². The van der Waals surface area contributed by atoms with Crippen LogP contribution >= 0.6 is 11.8 Å². The largest absolute Gasteiger partial charge is 0.334 e. The van der Waals surface area contributed by atoms with Crippen molar-refractivity contribution in [2.24, 2.45) is 7.05 Å². The Labute approximate surface area is 144 Å². The number of carbonyl (C=O) groups is 2. The van der Waals surface area contributed by atoms with Crippen LogP contribution < -0.4 is 10.6 Å². The molecule has 2 aromatic rings. The highest BCUT2D eigenvalue weighted by Gasteiger charge is 2.29. The summed E-state index contributed by atoms with van der Waals surface area (Å²) in [4.78, 5) is 23.6. The van der Waals surface area contributed by atoms with Crippen LogP contribution in [0.3, 0.4) is 0 Å². The monoisotopic (exact) mass is 345 g/mol. The Morgan fingerprint density at radius 3 is 2.71 bits per heavy atom.